The van der Waals surface area contributed by atoms with Crippen LogP contribution in [0, 0.1) is 23.7 Å². The molecule has 1 fully saturated rings. The number of carbonyl (C=O) groups is 1. The number of hydrogen-bond donors (Lipinski definition) is 3. The molecule has 188 valence electrons. The van der Waals surface area contributed by atoms with Crippen LogP contribution in [0.5, 0.6) is 28.7 Å². The Labute approximate surface area is 203 Å². The van der Waals surface area contributed by atoms with Crippen molar-refractivity contribution in [3.63, 3.8) is 0 Å². The van der Waals surface area contributed by atoms with Crippen molar-refractivity contribution >= 4 is 5.97 Å². The van der Waals surface area contributed by atoms with E-state index >= 15 is 0 Å². The van der Waals surface area contributed by atoms with Crippen molar-refractivity contribution in [1.82, 2.24) is 0 Å². The lowest BCUT2D eigenvalue weighted by Crippen LogP contribution is -2.44. The number of rotatable bonds is 6. The first kappa shape index (κ1) is 23.6. The van der Waals surface area contributed by atoms with Crippen LogP contribution < -0.4 is 23.7 Å². The summed E-state index contributed by atoms with van der Waals surface area (Å²) in [5.74, 6) is -0.202. The topological polar surface area (TPSA) is 124 Å². The number of fused-ring (bicyclic) bond motifs is 3. The van der Waals surface area contributed by atoms with Gasteiger partial charge in [0.25, 0.3) is 0 Å². The highest BCUT2D eigenvalue weighted by molar-refractivity contribution is 5.71. The largest absolute Gasteiger partial charge is 0.493 e. The fraction of sp³-hybridized carbons (Fsp3) is 0.500. The van der Waals surface area contributed by atoms with E-state index in [-0.39, 0.29) is 31.2 Å². The molecule has 2 aliphatic carbocycles. The van der Waals surface area contributed by atoms with Crippen LogP contribution in [0.1, 0.15) is 41.6 Å². The van der Waals surface area contributed by atoms with Crippen molar-refractivity contribution in [1.29, 1.82) is 0 Å². The third kappa shape index (κ3) is 3.73. The van der Waals surface area contributed by atoms with Gasteiger partial charge in [-0.25, -0.2) is 0 Å². The number of aliphatic carboxylic acids is 1. The Morgan fingerprint density at radius 2 is 1.57 bits per heavy atom. The summed E-state index contributed by atoms with van der Waals surface area (Å²) in [5.41, 5.74) is 2.43. The van der Waals surface area contributed by atoms with E-state index in [1.807, 2.05) is 24.3 Å². The van der Waals surface area contributed by atoms with Crippen LogP contribution in [0.4, 0.5) is 0 Å². The first-order valence-electron chi connectivity index (χ1n) is 11.7. The van der Waals surface area contributed by atoms with Crippen LogP contribution in [-0.2, 0) is 4.79 Å². The summed E-state index contributed by atoms with van der Waals surface area (Å²) in [4.78, 5) is 12.1. The van der Waals surface area contributed by atoms with Crippen molar-refractivity contribution in [3.05, 3.63) is 41.0 Å². The summed E-state index contributed by atoms with van der Waals surface area (Å²) >= 11 is 0. The van der Waals surface area contributed by atoms with Crippen LogP contribution in [0.3, 0.4) is 0 Å². The molecule has 0 aromatic heterocycles. The first-order chi connectivity index (χ1) is 16.9. The molecule has 1 aliphatic heterocycles. The number of aliphatic hydroxyl groups is 2. The van der Waals surface area contributed by atoms with Crippen LogP contribution in [0.15, 0.2) is 24.3 Å². The number of benzene rings is 2. The lowest BCUT2D eigenvalue weighted by molar-refractivity contribution is -0.149. The van der Waals surface area contributed by atoms with E-state index < -0.39 is 23.9 Å². The normalized spacial score (nSPS) is 28.6. The number of ether oxygens (including phenoxy) is 5. The molecule has 0 saturated heterocycles. The van der Waals surface area contributed by atoms with Gasteiger partial charge in [-0.3, -0.25) is 4.79 Å². The Hall–Kier alpha value is -3.17. The zero-order valence-electron chi connectivity index (χ0n) is 19.9. The summed E-state index contributed by atoms with van der Waals surface area (Å²) in [7, 11) is 4.64. The van der Waals surface area contributed by atoms with Gasteiger partial charge in [-0.1, -0.05) is 0 Å². The smallest absolute Gasteiger partial charge is 0.306 e. The van der Waals surface area contributed by atoms with E-state index in [1.165, 1.54) is 7.11 Å². The van der Waals surface area contributed by atoms with Gasteiger partial charge in [0, 0.05) is 12.5 Å². The average molecular weight is 487 g/mol. The zero-order valence-corrected chi connectivity index (χ0v) is 19.9. The Kier molecular flexibility index (Phi) is 6.14. The van der Waals surface area contributed by atoms with E-state index in [9.17, 15) is 20.1 Å². The molecule has 5 rings (SSSR count). The van der Waals surface area contributed by atoms with Gasteiger partial charge in [0.05, 0.1) is 33.4 Å². The van der Waals surface area contributed by atoms with E-state index in [2.05, 4.69) is 0 Å². The maximum Gasteiger partial charge on any atom is 0.306 e. The van der Waals surface area contributed by atoms with Crippen molar-refractivity contribution in [2.24, 2.45) is 23.7 Å². The summed E-state index contributed by atoms with van der Waals surface area (Å²) in [6.45, 7) is -0.139. The van der Waals surface area contributed by atoms with E-state index in [0.29, 0.717) is 41.6 Å². The van der Waals surface area contributed by atoms with Gasteiger partial charge in [0.15, 0.2) is 23.0 Å². The monoisotopic (exact) mass is 486 g/mol. The zero-order chi connectivity index (χ0) is 24.9. The van der Waals surface area contributed by atoms with Crippen LogP contribution >= 0.6 is 0 Å². The molecular formula is C26H30O9. The van der Waals surface area contributed by atoms with E-state index in [0.717, 1.165) is 16.7 Å². The molecular weight excluding hydrogens is 456 g/mol. The van der Waals surface area contributed by atoms with Gasteiger partial charge >= 0.3 is 5.97 Å². The molecule has 3 unspecified atom stereocenters. The third-order valence-corrected chi connectivity index (χ3v) is 7.88. The van der Waals surface area contributed by atoms with Crippen molar-refractivity contribution in [3.8, 4) is 28.7 Å². The van der Waals surface area contributed by atoms with Crippen molar-refractivity contribution in [2.45, 2.75) is 24.9 Å². The predicted molar refractivity (Wildman–Crippen MR) is 123 cm³/mol. The lowest BCUT2D eigenvalue weighted by atomic mass is 9.56. The highest BCUT2D eigenvalue weighted by Gasteiger charge is 2.50. The van der Waals surface area contributed by atoms with Gasteiger partial charge < -0.3 is 39.0 Å². The number of aliphatic hydroxyl groups excluding tert-OH is 2. The Bertz CT molecular complexity index is 1110. The summed E-state index contributed by atoms with van der Waals surface area (Å²) in [5, 5.41) is 31.4. The second-order valence-electron chi connectivity index (χ2n) is 9.40. The van der Waals surface area contributed by atoms with Gasteiger partial charge in [-0.15, -0.1) is 0 Å². The number of carboxylic acids is 1. The number of methoxy groups -OCH3 is 3. The van der Waals surface area contributed by atoms with Crippen LogP contribution in [0.2, 0.25) is 0 Å². The second-order valence-corrected chi connectivity index (χ2v) is 9.40. The fourth-order valence-corrected chi connectivity index (χ4v) is 6.27. The highest BCUT2D eigenvalue weighted by Crippen LogP contribution is 2.58. The Morgan fingerprint density at radius 1 is 0.943 bits per heavy atom. The van der Waals surface area contributed by atoms with Gasteiger partial charge in [0.2, 0.25) is 12.5 Å². The number of carboxylic acid groups (broad SMARTS) is 1. The third-order valence-electron chi connectivity index (χ3n) is 7.88. The standard InChI is InChI=1S/C26H30O9/c1-31-21-5-12(6-22(32-2)25(21)33-3)23-15-7-14(26(29)30)13(10-27)4-17(15)24(28)18-9-20-19(8-16(18)23)34-11-35-20/h5-6,8-9,13-15,17,23-24,27-28H,4,7,10-11H2,1-3H3,(H,29,30)/t13?,14?,15-,17?,23-,24+/m0/s1. The molecule has 1 saturated carbocycles. The molecule has 9 nitrogen and oxygen atoms in total. The van der Waals surface area contributed by atoms with Gasteiger partial charge in [0.1, 0.15) is 0 Å². The lowest BCUT2D eigenvalue weighted by Gasteiger charge is -2.49. The molecule has 35 heavy (non-hydrogen) atoms. The first-order valence-corrected chi connectivity index (χ1v) is 11.7. The van der Waals surface area contributed by atoms with Gasteiger partial charge in [-0.05, 0) is 71.6 Å². The molecule has 0 spiro atoms. The molecule has 3 N–H and O–H groups in total. The summed E-state index contributed by atoms with van der Waals surface area (Å²) < 4.78 is 27.9. The maximum atomic E-state index is 12.1. The quantitative estimate of drug-likeness (QED) is 0.565. The molecule has 6 atom stereocenters. The molecule has 0 radical (unpaired) electrons. The van der Waals surface area contributed by atoms with E-state index in [1.54, 1.807) is 14.2 Å². The van der Waals surface area contributed by atoms with Crippen LogP contribution in [0.25, 0.3) is 0 Å². The Balaban J connectivity index is 1.71. The molecule has 0 amide bonds. The fourth-order valence-electron chi connectivity index (χ4n) is 6.27. The minimum Gasteiger partial charge on any atom is -0.493 e. The van der Waals surface area contributed by atoms with Crippen molar-refractivity contribution in [2.75, 3.05) is 34.7 Å². The minimum atomic E-state index is -0.933. The SMILES string of the molecule is COc1cc([C@@H]2c3cc4c(cc3[C@H](O)C3CC(CO)C(C(=O)O)C[C@@H]32)OCO4)cc(OC)c1OC. The van der Waals surface area contributed by atoms with E-state index in [4.69, 9.17) is 23.7 Å². The molecule has 2 aromatic rings. The second kappa shape index (κ2) is 9.13. The Morgan fingerprint density at radius 3 is 2.11 bits per heavy atom. The molecule has 1 heterocycles. The van der Waals surface area contributed by atoms with Crippen LogP contribution in [-0.4, -0.2) is 56.0 Å². The van der Waals surface area contributed by atoms with Crippen molar-refractivity contribution < 1.29 is 43.8 Å². The average Bonchev–Trinajstić information content (AvgIpc) is 3.34. The molecule has 9 heteroatoms. The molecule has 0 bridgehead atoms. The van der Waals surface area contributed by atoms with Gasteiger partial charge in [-0.2, -0.15) is 0 Å². The highest BCUT2D eigenvalue weighted by atomic mass is 16.7. The molecule has 2 aromatic carbocycles. The number of hydrogen-bond acceptors (Lipinski definition) is 8. The minimum absolute atomic E-state index is 0.101. The maximum absolute atomic E-state index is 12.1. The summed E-state index contributed by atoms with van der Waals surface area (Å²) in [6, 6.07) is 7.46. The molecule has 3 aliphatic rings. The predicted octanol–water partition coefficient (Wildman–Crippen LogP) is 2.96. The summed E-state index contributed by atoms with van der Waals surface area (Å²) in [6.07, 6.45) is -0.113.